The zero-order valence-electron chi connectivity index (χ0n) is 15.0. The Labute approximate surface area is 166 Å². The van der Waals surface area contributed by atoms with Gasteiger partial charge in [-0.2, -0.15) is 5.10 Å². The number of aryl methyl sites for hydroxylation is 2. The Bertz CT molecular complexity index is 698. The number of hydrogen-bond donors (Lipinski definition) is 1. The molecule has 1 atom stereocenters. The molecule has 1 fully saturated rings. The molecule has 1 aliphatic rings. The number of benzene rings is 1. The van der Waals surface area contributed by atoms with E-state index in [0.717, 1.165) is 31.2 Å². The Morgan fingerprint density at radius 3 is 2.76 bits per heavy atom. The van der Waals surface area contributed by atoms with Crippen molar-refractivity contribution in [2.24, 2.45) is 12.0 Å². The van der Waals surface area contributed by atoms with Crippen LogP contribution in [0.2, 0.25) is 0 Å². The number of aromatic nitrogens is 2. The van der Waals surface area contributed by atoms with Gasteiger partial charge in [0.05, 0.1) is 19.3 Å². The van der Waals surface area contributed by atoms with Gasteiger partial charge in [-0.15, -0.1) is 24.0 Å². The van der Waals surface area contributed by atoms with E-state index in [0.29, 0.717) is 6.61 Å². The van der Waals surface area contributed by atoms with Gasteiger partial charge in [0.15, 0.2) is 5.96 Å². The average Bonchev–Trinajstić information content (AvgIpc) is 3.04. The van der Waals surface area contributed by atoms with Crippen LogP contribution in [0.15, 0.2) is 41.7 Å². The van der Waals surface area contributed by atoms with Crippen molar-refractivity contribution >= 4 is 29.9 Å². The molecular formula is C18H26IN5O. The molecular weight excluding hydrogens is 429 g/mol. The van der Waals surface area contributed by atoms with Crippen LogP contribution in [-0.4, -0.2) is 47.4 Å². The topological polar surface area (TPSA) is 54.7 Å². The molecule has 0 spiro atoms. The van der Waals surface area contributed by atoms with E-state index in [1.807, 2.05) is 31.2 Å². The summed E-state index contributed by atoms with van der Waals surface area (Å²) < 4.78 is 7.71. The molecule has 0 bridgehead atoms. The highest BCUT2D eigenvalue weighted by Gasteiger charge is 2.25. The number of nitrogens with zero attached hydrogens (tertiary/aromatic N) is 4. The molecule has 0 aliphatic carbocycles. The van der Waals surface area contributed by atoms with Gasteiger partial charge in [0.2, 0.25) is 0 Å². The molecule has 25 heavy (non-hydrogen) atoms. The Morgan fingerprint density at radius 1 is 1.36 bits per heavy atom. The maximum Gasteiger partial charge on any atom is 0.194 e. The Hall–Kier alpha value is -1.61. The summed E-state index contributed by atoms with van der Waals surface area (Å²) >= 11 is 0. The molecule has 1 N–H and O–H groups in total. The monoisotopic (exact) mass is 455 g/mol. The van der Waals surface area contributed by atoms with E-state index in [4.69, 9.17) is 4.74 Å². The first-order valence-electron chi connectivity index (χ1n) is 8.27. The molecule has 1 unspecified atom stereocenters. The predicted molar refractivity (Wildman–Crippen MR) is 110 cm³/mol. The van der Waals surface area contributed by atoms with Gasteiger partial charge in [0, 0.05) is 38.9 Å². The second kappa shape index (κ2) is 9.19. The summed E-state index contributed by atoms with van der Waals surface area (Å²) in [5.74, 6) is 0.910. The molecule has 0 saturated carbocycles. The van der Waals surface area contributed by atoms with Crippen molar-refractivity contribution in [3.63, 3.8) is 0 Å². The summed E-state index contributed by atoms with van der Waals surface area (Å²) in [5, 5.41) is 7.69. The molecule has 2 heterocycles. The molecule has 2 aromatic rings. The quantitative estimate of drug-likeness (QED) is 0.439. The fourth-order valence-corrected chi connectivity index (χ4v) is 2.87. The van der Waals surface area contributed by atoms with Crippen molar-refractivity contribution in [1.82, 2.24) is 20.0 Å². The number of aliphatic imine (C=N–C) groups is 1. The smallest absolute Gasteiger partial charge is 0.194 e. The molecule has 0 amide bonds. The maximum absolute atomic E-state index is 5.90. The third-order valence-electron chi connectivity index (χ3n) is 4.25. The minimum absolute atomic E-state index is 0. The van der Waals surface area contributed by atoms with E-state index in [9.17, 15) is 0 Å². The third kappa shape index (κ3) is 5.18. The van der Waals surface area contributed by atoms with Crippen molar-refractivity contribution in [3.05, 3.63) is 53.3 Å². The van der Waals surface area contributed by atoms with Crippen LogP contribution in [0.1, 0.15) is 22.8 Å². The van der Waals surface area contributed by atoms with Crippen molar-refractivity contribution < 1.29 is 4.74 Å². The van der Waals surface area contributed by atoms with E-state index < -0.39 is 0 Å². The van der Waals surface area contributed by atoms with Crippen LogP contribution in [0.25, 0.3) is 0 Å². The third-order valence-corrected chi connectivity index (χ3v) is 4.25. The van der Waals surface area contributed by atoms with Crippen LogP contribution in [0.3, 0.4) is 0 Å². The van der Waals surface area contributed by atoms with Gasteiger partial charge in [-0.3, -0.25) is 9.67 Å². The fourth-order valence-electron chi connectivity index (χ4n) is 2.87. The minimum atomic E-state index is 0. The molecule has 7 heteroatoms. The molecule has 0 radical (unpaired) electrons. The summed E-state index contributed by atoms with van der Waals surface area (Å²) in [4.78, 5) is 6.68. The van der Waals surface area contributed by atoms with Crippen LogP contribution >= 0.6 is 24.0 Å². The second-order valence-corrected chi connectivity index (χ2v) is 6.14. The lowest BCUT2D eigenvalue weighted by molar-refractivity contribution is -0.00805. The second-order valence-electron chi connectivity index (χ2n) is 6.14. The zero-order valence-corrected chi connectivity index (χ0v) is 17.3. The van der Waals surface area contributed by atoms with E-state index in [1.54, 1.807) is 0 Å². The van der Waals surface area contributed by atoms with Gasteiger partial charge in [-0.25, -0.2) is 0 Å². The number of ether oxygens (including phenoxy) is 1. The number of halogens is 1. The van der Waals surface area contributed by atoms with Gasteiger partial charge in [-0.05, 0) is 12.5 Å². The Balaban J connectivity index is 0.00000225. The molecule has 1 aromatic heterocycles. The normalized spacial score (nSPS) is 18.0. The molecule has 1 aromatic carbocycles. The average molecular weight is 455 g/mol. The highest BCUT2D eigenvalue weighted by atomic mass is 127. The highest BCUT2D eigenvalue weighted by molar-refractivity contribution is 14.0. The lowest BCUT2D eigenvalue weighted by Gasteiger charge is -2.34. The number of rotatable bonds is 3. The van der Waals surface area contributed by atoms with Gasteiger partial charge in [0.1, 0.15) is 6.10 Å². The van der Waals surface area contributed by atoms with Crippen LogP contribution in [0, 0.1) is 6.92 Å². The lowest BCUT2D eigenvalue weighted by atomic mass is 10.1. The minimum Gasteiger partial charge on any atom is -0.370 e. The molecule has 3 rings (SSSR count). The van der Waals surface area contributed by atoms with E-state index in [1.165, 1.54) is 11.1 Å². The summed E-state index contributed by atoms with van der Waals surface area (Å²) in [7, 11) is 3.75. The summed E-state index contributed by atoms with van der Waals surface area (Å²) in [6, 6.07) is 8.56. The van der Waals surface area contributed by atoms with Gasteiger partial charge >= 0.3 is 0 Å². The summed E-state index contributed by atoms with van der Waals surface area (Å²) in [6.07, 6.45) is 3.92. The number of morpholine rings is 1. The van der Waals surface area contributed by atoms with Crippen molar-refractivity contribution in [2.45, 2.75) is 19.6 Å². The van der Waals surface area contributed by atoms with Gasteiger partial charge < -0.3 is 15.0 Å². The number of hydrogen-bond acceptors (Lipinski definition) is 3. The van der Waals surface area contributed by atoms with Gasteiger partial charge in [-0.1, -0.05) is 29.8 Å². The Kier molecular flexibility index (Phi) is 7.24. The molecule has 1 aliphatic heterocycles. The van der Waals surface area contributed by atoms with E-state index in [2.05, 4.69) is 51.5 Å². The summed E-state index contributed by atoms with van der Waals surface area (Å²) in [5.41, 5.74) is 3.63. The van der Waals surface area contributed by atoms with Crippen LogP contribution in [-0.2, 0) is 18.3 Å². The lowest BCUT2D eigenvalue weighted by Crippen LogP contribution is -2.47. The van der Waals surface area contributed by atoms with Crippen LogP contribution in [0.4, 0.5) is 0 Å². The predicted octanol–water partition coefficient (Wildman–Crippen LogP) is 2.50. The highest BCUT2D eigenvalue weighted by Crippen LogP contribution is 2.21. The first kappa shape index (κ1) is 19.7. The van der Waals surface area contributed by atoms with E-state index in [-0.39, 0.29) is 30.1 Å². The van der Waals surface area contributed by atoms with Crippen molar-refractivity contribution in [2.75, 3.05) is 26.7 Å². The zero-order chi connectivity index (χ0) is 16.9. The SMILES string of the molecule is CN=C(NCc1ccc(C)cc1)N1CCOC(c2cnn(C)c2)C1.I. The largest absolute Gasteiger partial charge is 0.370 e. The van der Waals surface area contributed by atoms with Crippen molar-refractivity contribution in [1.29, 1.82) is 0 Å². The standard InChI is InChI=1S/C18H25N5O.HI/c1-14-4-6-15(7-5-14)10-20-18(19-2)23-8-9-24-17(13-23)16-11-21-22(3)12-16;/h4-7,11-12,17H,8-10,13H2,1-3H3,(H,19,20);1H. The van der Waals surface area contributed by atoms with Crippen LogP contribution < -0.4 is 5.32 Å². The molecule has 136 valence electrons. The van der Waals surface area contributed by atoms with E-state index >= 15 is 0 Å². The van der Waals surface area contributed by atoms with Crippen LogP contribution in [0.5, 0.6) is 0 Å². The molecule has 6 nitrogen and oxygen atoms in total. The fraction of sp³-hybridized carbons (Fsp3) is 0.444. The van der Waals surface area contributed by atoms with Crippen molar-refractivity contribution in [3.8, 4) is 0 Å². The van der Waals surface area contributed by atoms with Gasteiger partial charge in [0.25, 0.3) is 0 Å². The number of guanidine groups is 1. The first-order valence-corrected chi connectivity index (χ1v) is 8.27. The first-order chi connectivity index (χ1) is 11.7. The number of nitrogens with one attached hydrogen (secondary N) is 1. The maximum atomic E-state index is 5.90. The summed E-state index contributed by atoms with van der Waals surface area (Å²) in [6.45, 7) is 5.17. The Morgan fingerprint density at radius 2 is 2.12 bits per heavy atom. The molecule has 1 saturated heterocycles.